The number of hydrogen-bond acceptors (Lipinski definition) is 4. The minimum absolute atomic E-state index is 0.165. The number of carbonyl (C=O) groups is 1. The van der Waals surface area contributed by atoms with Gasteiger partial charge in [0, 0.05) is 17.9 Å². The van der Waals surface area contributed by atoms with E-state index in [9.17, 15) is 4.79 Å². The van der Waals surface area contributed by atoms with Gasteiger partial charge in [-0.05, 0) is 30.7 Å². The zero-order valence-corrected chi connectivity index (χ0v) is 11.5. The summed E-state index contributed by atoms with van der Waals surface area (Å²) in [5, 5.41) is 2.84. The van der Waals surface area contributed by atoms with Gasteiger partial charge in [-0.2, -0.15) is 0 Å². The molecule has 3 N–H and O–H groups in total. The number of carbonyl (C=O) groups excluding carboxylic acids is 1. The number of amides is 1. The van der Waals surface area contributed by atoms with Crippen LogP contribution in [0.2, 0.25) is 0 Å². The standard InChI is InChI=1S/C15H17N3O2/c1-10(16)11-6-3-4-8-13(11)18-14(19)12-7-5-9-17-15(12)20-2/h3-10H,16H2,1-2H3,(H,18,19). The van der Waals surface area contributed by atoms with Crippen LogP contribution >= 0.6 is 0 Å². The fraction of sp³-hybridized carbons (Fsp3) is 0.200. The summed E-state index contributed by atoms with van der Waals surface area (Å²) >= 11 is 0. The van der Waals surface area contributed by atoms with Crippen LogP contribution in [0.1, 0.15) is 28.9 Å². The van der Waals surface area contributed by atoms with Gasteiger partial charge in [0.05, 0.1) is 7.11 Å². The van der Waals surface area contributed by atoms with E-state index in [1.54, 1.807) is 18.3 Å². The first-order valence-corrected chi connectivity index (χ1v) is 6.28. The van der Waals surface area contributed by atoms with Crippen molar-refractivity contribution in [2.45, 2.75) is 13.0 Å². The van der Waals surface area contributed by atoms with Crippen molar-refractivity contribution in [3.05, 3.63) is 53.7 Å². The number of nitrogens with one attached hydrogen (secondary N) is 1. The second kappa shape index (κ2) is 6.16. The molecule has 2 rings (SSSR count). The molecule has 0 aliphatic rings. The number of rotatable bonds is 4. The zero-order valence-electron chi connectivity index (χ0n) is 11.5. The van der Waals surface area contributed by atoms with E-state index in [0.29, 0.717) is 17.1 Å². The molecule has 5 heteroatoms. The molecule has 1 unspecified atom stereocenters. The van der Waals surface area contributed by atoms with Crippen LogP contribution in [-0.4, -0.2) is 18.0 Å². The number of ether oxygens (including phenoxy) is 1. The molecule has 20 heavy (non-hydrogen) atoms. The summed E-state index contributed by atoms with van der Waals surface area (Å²) in [6.07, 6.45) is 1.57. The first kappa shape index (κ1) is 14.0. The lowest BCUT2D eigenvalue weighted by Gasteiger charge is -2.14. The Bertz CT molecular complexity index is 612. The van der Waals surface area contributed by atoms with Crippen LogP contribution in [0.4, 0.5) is 5.69 Å². The first-order chi connectivity index (χ1) is 9.63. The second-order valence-electron chi connectivity index (χ2n) is 4.39. The third-order valence-corrected chi connectivity index (χ3v) is 2.91. The summed E-state index contributed by atoms with van der Waals surface area (Å²) in [6.45, 7) is 1.87. The Morgan fingerprint density at radius 3 is 2.75 bits per heavy atom. The van der Waals surface area contributed by atoms with Crippen molar-refractivity contribution in [1.29, 1.82) is 0 Å². The highest BCUT2D eigenvalue weighted by atomic mass is 16.5. The van der Waals surface area contributed by atoms with Gasteiger partial charge >= 0.3 is 0 Å². The summed E-state index contributed by atoms with van der Waals surface area (Å²) in [4.78, 5) is 16.3. The van der Waals surface area contributed by atoms with E-state index in [1.165, 1.54) is 7.11 Å². The smallest absolute Gasteiger partial charge is 0.261 e. The molecule has 5 nitrogen and oxygen atoms in total. The Kier molecular flexibility index (Phi) is 4.32. The Hall–Kier alpha value is -2.40. The number of nitrogens with two attached hydrogens (primary N) is 1. The molecule has 1 atom stereocenters. The summed E-state index contributed by atoms with van der Waals surface area (Å²) < 4.78 is 5.09. The predicted octanol–water partition coefficient (Wildman–Crippen LogP) is 2.36. The molecule has 0 saturated carbocycles. The van der Waals surface area contributed by atoms with Crippen LogP contribution in [0.15, 0.2) is 42.6 Å². The van der Waals surface area contributed by atoms with Crippen LogP contribution < -0.4 is 15.8 Å². The molecular weight excluding hydrogens is 254 g/mol. The fourth-order valence-corrected chi connectivity index (χ4v) is 1.92. The van der Waals surface area contributed by atoms with Crippen LogP contribution in [0, 0.1) is 0 Å². The predicted molar refractivity (Wildman–Crippen MR) is 77.8 cm³/mol. The monoisotopic (exact) mass is 271 g/mol. The van der Waals surface area contributed by atoms with Gasteiger partial charge in [0.1, 0.15) is 5.56 Å². The van der Waals surface area contributed by atoms with Crippen molar-refractivity contribution in [3.63, 3.8) is 0 Å². The largest absolute Gasteiger partial charge is 0.480 e. The molecule has 1 aromatic heterocycles. The van der Waals surface area contributed by atoms with Crippen molar-refractivity contribution < 1.29 is 9.53 Å². The Balaban J connectivity index is 2.28. The van der Waals surface area contributed by atoms with E-state index in [2.05, 4.69) is 10.3 Å². The highest BCUT2D eigenvalue weighted by Crippen LogP contribution is 2.22. The van der Waals surface area contributed by atoms with Gasteiger partial charge in [-0.25, -0.2) is 4.98 Å². The minimum Gasteiger partial charge on any atom is -0.480 e. The van der Waals surface area contributed by atoms with Crippen LogP contribution in [0.25, 0.3) is 0 Å². The Labute approximate surface area is 117 Å². The number of aromatic nitrogens is 1. The van der Waals surface area contributed by atoms with Crippen molar-refractivity contribution in [2.75, 3.05) is 12.4 Å². The highest BCUT2D eigenvalue weighted by molar-refractivity contribution is 6.06. The summed E-state index contributed by atoms with van der Waals surface area (Å²) in [5.74, 6) is 0.0197. The number of anilines is 1. The van der Waals surface area contributed by atoms with Crippen molar-refractivity contribution >= 4 is 11.6 Å². The third kappa shape index (κ3) is 2.95. The lowest BCUT2D eigenvalue weighted by Crippen LogP contribution is -2.17. The Morgan fingerprint density at radius 1 is 1.30 bits per heavy atom. The van der Waals surface area contributed by atoms with Crippen LogP contribution in [0.3, 0.4) is 0 Å². The minimum atomic E-state index is -0.275. The number of hydrogen-bond donors (Lipinski definition) is 2. The zero-order chi connectivity index (χ0) is 14.5. The molecule has 104 valence electrons. The Morgan fingerprint density at radius 2 is 2.05 bits per heavy atom. The topological polar surface area (TPSA) is 77.2 Å². The van der Waals surface area contributed by atoms with E-state index in [-0.39, 0.29) is 11.9 Å². The lowest BCUT2D eigenvalue weighted by molar-refractivity contribution is 0.102. The van der Waals surface area contributed by atoms with Crippen molar-refractivity contribution in [2.24, 2.45) is 5.73 Å². The van der Waals surface area contributed by atoms with E-state index >= 15 is 0 Å². The number of pyridine rings is 1. The normalized spacial score (nSPS) is 11.8. The van der Waals surface area contributed by atoms with E-state index in [0.717, 1.165) is 5.56 Å². The number of benzene rings is 1. The van der Waals surface area contributed by atoms with Gasteiger partial charge in [0.25, 0.3) is 5.91 Å². The summed E-state index contributed by atoms with van der Waals surface area (Å²) in [5.41, 5.74) is 7.85. The average molecular weight is 271 g/mol. The molecule has 0 bridgehead atoms. The molecular formula is C15H17N3O2. The number of para-hydroxylation sites is 1. The number of methoxy groups -OCH3 is 1. The van der Waals surface area contributed by atoms with Gasteiger partial charge < -0.3 is 15.8 Å². The van der Waals surface area contributed by atoms with E-state index in [4.69, 9.17) is 10.5 Å². The quantitative estimate of drug-likeness (QED) is 0.895. The molecule has 0 radical (unpaired) electrons. The van der Waals surface area contributed by atoms with E-state index in [1.807, 2.05) is 31.2 Å². The van der Waals surface area contributed by atoms with Gasteiger partial charge in [0.15, 0.2) is 0 Å². The molecule has 0 aliphatic heterocycles. The third-order valence-electron chi connectivity index (χ3n) is 2.91. The van der Waals surface area contributed by atoms with E-state index < -0.39 is 0 Å². The van der Waals surface area contributed by atoms with Crippen LogP contribution in [0.5, 0.6) is 5.88 Å². The molecule has 0 fully saturated rings. The molecule has 2 aromatic rings. The van der Waals surface area contributed by atoms with Gasteiger partial charge in [-0.15, -0.1) is 0 Å². The molecule has 1 aromatic carbocycles. The van der Waals surface area contributed by atoms with Gasteiger partial charge in [-0.3, -0.25) is 4.79 Å². The fourth-order valence-electron chi connectivity index (χ4n) is 1.92. The molecule has 0 aliphatic carbocycles. The van der Waals surface area contributed by atoms with Crippen LogP contribution in [-0.2, 0) is 0 Å². The molecule has 0 saturated heterocycles. The lowest BCUT2D eigenvalue weighted by atomic mass is 10.1. The first-order valence-electron chi connectivity index (χ1n) is 6.28. The number of nitrogens with zero attached hydrogens (tertiary/aromatic N) is 1. The van der Waals surface area contributed by atoms with Gasteiger partial charge in [-0.1, -0.05) is 18.2 Å². The maximum Gasteiger partial charge on any atom is 0.261 e. The summed E-state index contributed by atoms with van der Waals surface area (Å²) in [6, 6.07) is 10.6. The molecule has 1 amide bonds. The van der Waals surface area contributed by atoms with Crippen molar-refractivity contribution in [3.8, 4) is 5.88 Å². The maximum absolute atomic E-state index is 12.3. The second-order valence-corrected chi connectivity index (χ2v) is 4.39. The molecule has 0 spiro atoms. The highest BCUT2D eigenvalue weighted by Gasteiger charge is 2.15. The van der Waals surface area contributed by atoms with Crippen molar-refractivity contribution in [1.82, 2.24) is 4.98 Å². The SMILES string of the molecule is COc1ncccc1C(=O)Nc1ccccc1C(C)N. The molecule has 1 heterocycles. The maximum atomic E-state index is 12.3. The summed E-state index contributed by atoms with van der Waals surface area (Å²) in [7, 11) is 1.48. The average Bonchev–Trinajstić information content (AvgIpc) is 2.47. The van der Waals surface area contributed by atoms with Gasteiger partial charge in [0.2, 0.25) is 5.88 Å².